The number of hydrogen-bond donors (Lipinski definition) is 1. The Labute approximate surface area is 113 Å². The highest BCUT2D eigenvalue weighted by molar-refractivity contribution is 7.15. The lowest BCUT2D eigenvalue weighted by molar-refractivity contribution is 0.203. The fraction of sp³-hybridized carbons (Fsp3) is 0.786. The Balaban J connectivity index is 1.80. The van der Waals surface area contributed by atoms with Gasteiger partial charge in [-0.3, -0.25) is 0 Å². The summed E-state index contributed by atoms with van der Waals surface area (Å²) >= 11 is 1.67. The van der Waals surface area contributed by atoms with Crippen LogP contribution in [0.2, 0.25) is 0 Å². The Morgan fingerprint density at radius 2 is 2.11 bits per heavy atom. The molecular weight excluding hydrogens is 244 g/mol. The lowest BCUT2D eigenvalue weighted by Gasteiger charge is -2.44. The van der Waals surface area contributed by atoms with Crippen molar-refractivity contribution in [3.63, 3.8) is 0 Å². The second-order valence-electron chi connectivity index (χ2n) is 5.67. The van der Waals surface area contributed by atoms with Crippen LogP contribution < -0.4 is 4.90 Å². The molecule has 0 amide bonds. The topological polar surface area (TPSA) is 36.4 Å². The van der Waals surface area contributed by atoms with Gasteiger partial charge in [0.05, 0.1) is 11.0 Å². The molecule has 1 aliphatic carbocycles. The molecule has 0 bridgehead atoms. The van der Waals surface area contributed by atoms with Crippen molar-refractivity contribution in [2.24, 2.45) is 5.92 Å². The summed E-state index contributed by atoms with van der Waals surface area (Å²) in [6.07, 6.45) is 9.66. The predicted octanol–water partition coefficient (Wildman–Crippen LogP) is 3.36. The zero-order valence-corrected chi connectivity index (χ0v) is 11.8. The maximum absolute atomic E-state index is 9.62. The second-order valence-corrected chi connectivity index (χ2v) is 6.71. The predicted molar refractivity (Wildman–Crippen MR) is 75.1 cm³/mol. The van der Waals surface area contributed by atoms with E-state index in [9.17, 15) is 5.11 Å². The summed E-state index contributed by atoms with van der Waals surface area (Å²) in [5.74, 6) is 0.881. The first-order valence-electron chi connectivity index (χ1n) is 7.16. The summed E-state index contributed by atoms with van der Waals surface area (Å²) in [5.41, 5.74) is 0. The number of aromatic nitrogens is 1. The first-order valence-corrected chi connectivity index (χ1v) is 7.98. The van der Waals surface area contributed by atoms with Gasteiger partial charge in [0.25, 0.3) is 0 Å². The van der Waals surface area contributed by atoms with Crippen molar-refractivity contribution in [3.8, 4) is 0 Å². The highest BCUT2D eigenvalue weighted by Crippen LogP contribution is 2.39. The molecule has 2 aliphatic rings. The highest BCUT2D eigenvalue weighted by atomic mass is 32.1. The Bertz CT molecular complexity index is 402. The van der Waals surface area contributed by atoms with Crippen molar-refractivity contribution in [2.45, 2.75) is 57.6 Å². The van der Waals surface area contributed by atoms with Crippen LogP contribution in [0.15, 0.2) is 6.20 Å². The molecule has 1 N–H and O–H groups in total. The van der Waals surface area contributed by atoms with E-state index in [0.29, 0.717) is 6.04 Å². The number of rotatable bonds is 2. The SMILES string of the molecule is CC(O)c1cnc(N2CCCC3CCCCC32)s1. The molecule has 18 heavy (non-hydrogen) atoms. The van der Waals surface area contributed by atoms with Crippen molar-refractivity contribution in [1.82, 2.24) is 4.98 Å². The molecule has 3 rings (SSSR count). The summed E-state index contributed by atoms with van der Waals surface area (Å²) in [6, 6.07) is 0.709. The van der Waals surface area contributed by atoms with Gasteiger partial charge in [0.1, 0.15) is 0 Å². The molecule has 1 saturated carbocycles. The van der Waals surface area contributed by atoms with Gasteiger partial charge in [0, 0.05) is 18.8 Å². The van der Waals surface area contributed by atoms with E-state index in [2.05, 4.69) is 9.88 Å². The first-order chi connectivity index (χ1) is 8.75. The quantitative estimate of drug-likeness (QED) is 0.891. The van der Waals surface area contributed by atoms with Gasteiger partial charge in [-0.25, -0.2) is 4.98 Å². The van der Waals surface area contributed by atoms with Crippen LogP contribution in [0.4, 0.5) is 5.13 Å². The Hall–Kier alpha value is -0.610. The van der Waals surface area contributed by atoms with Crippen LogP contribution in [0, 0.1) is 5.92 Å². The van der Waals surface area contributed by atoms with Crippen LogP contribution in [0.5, 0.6) is 0 Å². The van der Waals surface area contributed by atoms with Crippen LogP contribution in [0.3, 0.4) is 0 Å². The van der Waals surface area contributed by atoms with Gasteiger partial charge in [-0.15, -0.1) is 0 Å². The number of aliphatic hydroxyl groups excluding tert-OH is 1. The van der Waals surface area contributed by atoms with Crippen molar-refractivity contribution in [3.05, 3.63) is 11.1 Å². The number of hydrogen-bond acceptors (Lipinski definition) is 4. The van der Waals surface area contributed by atoms with E-state index in [0.717, 1.165) is 22.5 Å². The first kappa shape index (κ1) is 12.4. The van der Waals surface area contributed by atoms with Crippen molar-refractivity contribution in [1.29, 1.82) is 0 Å². The van der Waals surface area contributed by atoms with Gasteiger partial charge in [-0.1, -0.05) is 24.2 Å². The van der Waals surface area contributed by atoms with Crippen LogP contribution in [0.25, 0.3) is 0 Å². The maximum atomic E-state index is 9.62. The number of fused-ring (bicyclic) bond motifs is 1. The Morgan fingerprint density at radius 1 is 1.33 bits per heavy atom. The van der Waals surface area contributed by atoms with Crippen molar-refractivity contribution >= 4 is 16.5 Å². The second kappa shape index (κ2) is 5.17. The minimum atomic E-state index is -0.386. The molecule has 0 aromatic carbocycles. The van der Waals surface area contributed by atoms with Crippen LogP contribution >= 0.6 is 11.3 Å². The van der Waals surface area contributed by atoms with Gasteiger partial charge in [0.2, 0.25) is 0 Å². The van der Waals surface area contributed by atoms with E-state index < -0.39 is 0 Å². The summed E-state index contributed by atoms with van der Waals surface area (Å²) in [7, 11) is 0. The van der Waals surface area contributed by atoms with Gasteiger partial charge in [0.15, 0.2) is 5.13 Å². The number of piperidine rings is 1. The molecule has 0 spiro atoms. The Morgan fingerprint density at radius 3 is 2.89 bits per heavy atom. The molecule has 1 aliphatic heterocycles. The standard InChI is InChI=1S/C14H22N2OS/c1-10(17)13-9-15-14(18-13)16-8-4-6-11-5-2-3-7-12(11)16/h9-12,17H,2-8H2,1H3. The molecule has 3 unspecified atom stereocenters. The molecule has 100 valence electrons. The number of thiazole rings is 1. The van der Waals surface area contributed by atoms with Gasteiger partial charge in [-0.2, -0.15) is 0 Å². The molecule has 0 radical (unpaired) electrons. The van der Waals surface area contributed by atoms with Gasteiger partial charge in [-0.05, 0) is 38.5 Å². The average Bonchev–Trinajstić information content (AvgIpc) is 2.87. The average molecular weight is 266 g/mol. The van der Waals surface area contributed by atoms with Crippen LogP contribution in [-0.2, 0) is 0 Å². The molecule has 2 fully saturated rings. The number of nitrogens with zero attached hydrogens (tertiary/aromatic N) is 2. The number of aliphatic hydroxyl groups is 1. The summed E-state index contributed by atoms with van der Waals surface area (Å²) in [6.45, 7) is 2.96. The zero-order valence-electron chi connectivity index (χ0n) is 11.0. The minimum Gasteiger partial charge on any atom is -0.388 e. The normalized spacial score (nSPS) is 30.0. The fourth-order valence-electron chi connectivity index (χ4n) is 3.47. The third-order valence-corrected chi connectivity index (χ3v) is 5.62. The zero-order chi connectivity index (χ0) is 12.5. The largest absolute Gasteiger partial charge is 0.388 e. The molecule has 1 aromatic heterocycles. The molecule has 1 aromatic rings. The van der Waals surface area contributed by atoms with E-state index in [1.165, 1.54) is 38.5 Å². The van der Waals surface area contributed by atoms with Gasteiger partial charge < -0.3 is 10.0 Å². The van der Waals surface area contributed by atoms with E-state index >= 15 is 0 Å². The monoisotopic (exact) mass is 266 g/mol. The summed E-state index contributed by atoms with van der Waals surface area (Å²) < 4.78 is 0. The molecule has 2 heterocycles. The van der Waals surface area contributed by atoms with E-state index in [4.69, 9.17) is 0 Å². The maximum Gasteiger partial charge on any atom is 0.185 e. The van der Waals surface area contributed by atoms with Gasteiger partial charge >= 0.3 is 0 Å². The lowest BCUT2D eigenvalue weighted by Crippen LogP contribution is -2.46. The van der Waals surface area contributed by atoms with Crippen LogP contribution in [0.1, 0.15) is 56.4 Å². The van der Waals surface area contributed by atoms with E-state index in [1.54, 1.807) is 11.3 Å². The summed E-state index contributed by atoms with van der Waals surface area (Å²) in [5, 5.41) is 10.7. The molecule has 4 heteroatoms. The number of anilines is 1. The third-order valence-electron chi connectivity index (χ3n) is 4.41. The van der Waals surface area contributed by atoms with E-state index in [-0.39, 0.29) is 6.10 Å². The smallest absolute Gasteiger partial charge is 0.185 e. The highest BCUT2D eigenvalue weighted by Gasteiger charge is 2.34. The molecule has 3 nitrogen and oxygen atoms in total. The molecular formula is C14H22N2OS. The van der Waals surface area contributed by atoms with Crippen molar-refractivity contribution in [2.75, 3.05) is 11.4 Å². The molecule has 1 saturated heterocycles. The Kier molecular flexibility index (Phi) is 3.57. The van der Waals surface area contributed by atoms with Crippen LogP contribution in [-0.4, -0.2) is 22.7 Å². The van der Waals surface area contributed by atoms with Crippen molar-refractivity contribution < 1.29 is 5.11 Å². The molecule has 3 atom stereocenters. The minimum absolute atomic E-state index is 0.386. The summed E-state index contributed by atoms with van der Waals surface area (Å²) in [4.78, 5) is 8.04. The fourth-order valence-corrected chi connectivity index (χ4v) is 4.40. The lowest BCUT2D eigenvalue weighted by atomic mass is 9.78. The van der Waals surface area contributed by atoms with E-state index in [1.807, 2.05) is 13.1 Å². The third kappa shape index (κ3) is 2.28.